The molecular weight excluding hydrogens is 304 g/mol. The number of aromatic nitrogens is 1. The molecule has 6 nitrogen and oxygen atoms in total. The Morgan fingerprint density at radius 3 is 2.95 bits per heavy atom. The summed E-state index contributed by atoms with van der Waals surface area (Å²) in [5.41, 5.74) is 0.624. The lowest BCUT2D eigenvalue weighted by Crippen LogP contribution is -2.27. The number of hydrogen-bond acceptors (Lipinski definition) is 6. The molecule has 0 bridgehead atoms. The maximum Gasteiger partial charge on any atom is 0.359 e. The summed E-state index contributed by atoms with van der Waals surface area (Å²) in [5.74, 6) is 0.101. The minimum absolute atomic E-state index is 0.0412. The molecule has 2 rings (SSSR count). The topological polar surface area (TPSA) is 76.6 Å². The maximum atomic E-state index is 12.2. The zero-order chi connectivity index (χ0) is 16.1. The second-order valence-electron chi connectivity index (χ2n) is 4.97. The van der Waals surface area contributed by atoms with Gasteiger partial charge in [-0.2, -0.15) is 0 Å². The summed E-state index contributed by atoms with van der Waals surface area (Å²) in [6.07, 6.45) is 1.87. The highest BCUT2D eigenvalue weighted by Crippen LogP contribution is 2.29. The normalized spacial score (nSPS) is 17.6. The fourth-order valence-electron chi connectivity index (χ4n) is 2.33. The minimum atomic E-state index is -0.535. The van der Waals surface area contributed by atoms with Crippen LogP contribution < -0.4 is 4.90 Å². The number of pyridine rings is 1. The van der Waals surface area contributed by atoms with Gasteiger partial charge < -0.3 is 9.64 Å². The van der Waals surface area contributed by atoms with E-state index in [1.165, 1.54) is 24.9 Å². The number of amides is 1. The van der Waals surface area contributed by atoms with Gasteiger partial charge in [0.2, 0.25) is 5.91 Å². The average Bonchev–Trinajstić information content (AvgIpc) is 2.86. The molecule has 0 N–H and O–H groups in total. The van der Waals surface area contributed by atoms with Crippen LogP contribution in [0, 0.1) is 5.92 Å². The molecule has 118 valence electrons. The molecule has 0 saturated carbocycles. The third-order valence-electron chi connectivity index (χ3n) is 3.27. The molecule has 1 amide bonds. The van der Waals surface area contributed by atoms with E-state index in [2.05, 4.69) is 4.98 Å². The second-order valence-corrected chi connectivity index (χ2v) is 6.17. The van der Waals surface area contributed by atoms with Gasteiger partial charge in [0.25, 0.3) is 0 Å². The van der Waals surface area contributed by atoms with Gasteiger partial charge in [-0.1, -0.05) is 11.8 Å². The van der Waals surface area contributed by atoms with Crippen molar-refractivity contribution in [1.82, 2.24) is 4.98 Å². The predicted octanol–water partition coefficient (Wildman–Crippen LogP) is 1.89. The van der Waals surface area contributed by atoms with Crippen LogP contribution in [0.5, 0.6) is 0 Å². The smallest absolute Gasteiger partial charge is 0.359 e. The lowest BCUT2D eigenvalue weighted by Gasteiger charge is -2.18. The summed E-state index contributed by atoms with van der Waals surface area (Å²) in [6, 6.07) is 3.38. The van der Waals surface area contributed by atoms with E-state index in [1.54, 1.807) is 24.0 Å². The van der Waals surface area contributed by atoms with E-state index in [0.29, 0.717) is 24.4 Å². The Kier molecular flexibility index (Phi) is 5.54. The van der Waals surface area contributed by atoms with Crippen LogP contribution in [0.2, 0.25) is 0 Å². The molecule has 0 aromatic carbocycles. The largest absolute Gasteiger partial charge is 0.461 e. The van der Waals surface area contributed by atoms with Gasteiger partial charge in [-0.3, -0.25) is 9.59 Å². The third-order valence-corrected chi connectivity index (χ3v) is 4.32. The van der Waals surface area contributed by atoms with Gasteiger partial charge in [0.15, 0.2) is 10.8 Å². The maximum absolute atomic E-state index is 12.2. The van der Waals surface area contributed by atoms with Crippen LogP contribution in [-0.4, -0.2) is 40.9 Å². The van der Waals surface area contributed by atoms with Crippen molar-refractivity contribution in [2.45, 2.75) is 20.3 Å². The van der Waals surface area contributed by atoms with Gasteiger partial charge in [-0.05, 0) is 25.0 Å². The highest BCUT2D eigenvalue weighted by molar-refractivity contribution is 8.13. The van der Waals surface area contributed by atoms with Crippen molar-refractivity contribution in [2.75, 3.05) is 23.8 Å². The third kappa shape index (κ3) is 3.85. The quantitative estimate of drug-likeness (QED) is 0.771. The van der Waals surface area contributed by atoms with E-state index in [-0.39, 0.29) is 29.2 Å². The number of rotatable bonds is 5. The van der Waals surface area contributed by atoms with Crippen LogP contribution in [0.4, 0.5) is 5.69 Å². The molecule has 1 aliphatic rings. The van der Waals surface area contributed by atoms with Gasteiger partial charge in [-0.25, -0.2) is 9.78 Å². The highest BCUT2D eigenvalue weighted by Gasteiger charge is 2.33. The first-order valence-corrected chi connectivity index (χ1v) is 8.07. The van der Waals surface area contributed by atoms with Gasteiger partial charge >= 0.3 is 5.97 Å². The number of carbonyl (C=O) groups excluding carboxylic acids is 3. The fourth-order valence-corrected chi connectivity index (χ4v) is 3.03. The van der Waals surface area contributed by atoms with Crippen molar-refractivity contribution in [3.05, 3.63) is 24.0 Å². The number of esters is 1. The van der Waals surface area contributed by atoms with Gasteiger partial charge in [0.05, 0.1) is 12.3 Å². The van der Waals surface area contributed by atoms with Crippen molar-refractivity contribution >= 4 is 34.4 Å². The zero-order valence-electron chi connectivity index (χ0n) is 12.6. The van der Waals surface area contributed by atoms with Crippen molar-refractivity contribution < 1.29 is 19.1 Å². The zero-order valence-corrected chi connectivity index (χ0v) is 13.4. The molecule has 2 heterocycles. The number of hydrogen-bond donors (Lipinski definition) is 0. The van der Waals surface area contributed by atoms with E-state index in [4.69, 9.17) is 4.74 Å². The van der Waals surface area contributed by atoms with E-state index >= 15 is 0 Å². The first-order valence-electron chi connectivity index (χ1n) is 7.08. The Labute approximate surface area is 133 Å². The van der Waals surface area contributed by atoms with Crippen LogP contribution in [0.3, 0.4) is 0 Å². The summed E-state index contributed by atoms with van der Waals surface area (Å²) in [5, 5.41) is 0.0412. The molecule has 22 heavy (non-hydrogen) atoms. The van der Waals surface area contributed by atoms with Gasteiger partial charge in [0.1, 0.15) is 0 Å². The summed E-state index contributed by atoms with van der Waals surface area (Å²) in [7, 11) is 0. The van der Waals surface area contributed by atoms with Crippen LogP contribution in [0.15, 0.2) is 18.3 Å². The van der Waals surface area contributed by atoms with Crippen molar-refractivity contribution in [3.8, 4) is 0 Å². The lowest BCUT2D eigenvalue weighted by atomic mass is 10.1. The molecule has 1 fully saturated rings. The molecule has 0 spiro atoms. The average molecular weight is 322 g/mol. The van der Waals surface area contributed by atoms with Crippen LogP contribution in [0.25, 0.3) is 0 Å². The monoisotopic (exact) mass is 322 g/mol. The highest BCUT2D eigenvalue weighted by atomic mass is 32.2. The Morgan fingerprint density at radius 2 is 2.27 bits per heavy atom. The molecular formula is C15H18N2O4S. The predicted molar refractivity (Wildman–Crippen MR) is 83.8 cm³/mol. The van der Waals surface area contributed by atoms with Crippen LogP contribution in [0.1, 0.15) is 30.8 Å². The standard InChI is InChI=1S/C15H18N2O4S/c1-3-21-15(20)14-12(5-4-6-16-14)17-8-11(7-13(17)19)9-22-10(2)18/h4-6,11H,3,7-9H2,1-2H3. The number of anilines is 1. The minimum Gasteiger partial charge on any atom is -0.461 e. The SMILES string of the molecule is CCOC(=O)c1ncccc1N1CC(CSC(C)=O)CC1=O. The second kappa shape index (κ2) is 7.40. The van der Waals surface area contributed by atoms with Crippen LogP contribution in [-0.2, 0) is 14.3 Å². The van der Waals surface area contributed by atoms with E-state index < -0.39 is 5.97 Å². The van der Waals surface area contributed by atoms with Crippen molar-refractivity contribution in [1.29, 1.82) is 0 Å². The number of carbonyl (C=O) groups is 3. The molecule has 0 radical (unpaired) electrons. The first kappa shape index (κ1) is 16.5. The van der Waals surface area contributed by atoms with Crippen molar-refractivity contribution in [2.24, 2.45) is 5.92 Å². The molecule has 1 aliphatic heterocycles. The lowest BCUT2D eigenvalue weighted by molar-refractivity contribution is -0.117. The van der Waals surface area contributed by atoms with E-state index in [0.717, 1.165) is 0 Å². The Morgan fingerprint density at radius 1 is 1.50 bits per heavy atom. The Balaban J connectivity index is 2.16. The number of nitrogens with zero attached hydrogens (tertiary/aromatic N) is 2. The number of thioether (sulfide) groups is 1. The summed E-state index contributed by atoms with van der Waals surface area (Å²) < 4.78 is 4.98. The number of ether oxygens (including phenoxy) is 1. The molecule has 1 unspecified atom stereocenters. The fraction of sp³-hybridized carbons (Fsp3) is 0.467. The Bertz CT molecular complexity index is 591. The molecule has 1 aromatic rings. The van der Waals surface area contributed by atoms with Crippen molar-refractivity contribution in [3.63, 3.8) is 0 Å². The summed E-state index contributed by atoms with van der Waals surface area (Å²) in [4.78, 5) is 40.8. The van der Waals surface area contributed by atoms with Gasteiger partial charge in [-0.15, -0.1) is 0 Å². The summed E-state index contributed by atoms with van der Waals surface area (Å²) >= 11 is 1.22. The van der Waals surface area contributed by atoms with Gasteiger partial charge in [0, 0.05) is 31.8 Å². The molecule has 7 heteroatoms. The van der Waals surface area contributed by atoms with Crippen LogP contribution >= 0.6 is 11.8 Å². The molecule has 0 aliphatic carbocycles. The first-order chi connectivity index (χ1) is 10.5. The molecule has 1 aromatic heterocycles. The van der Waals surface area contributed by atoms with E-state index in [1.807, 2.05) is 0 Å². The summed E-state index contributed by atoms with van der Waals surface area (Å²) in [6.45, 7) is 3.97. The molecule has 1 saturated heterocycles. The van der Waals surface area contributed by atoms with E-state index in [9.17, 15) is 14.4 Å². The molecule has 1 atom stereocenters. The Hall–Kier alpha value is -1.89.